The fourth-order valence-corrected chi connectivity index (χ4v) is 2.22. The smallest absolute Gasteiger partial charge is 0.340 e. The van der Waals surface area contributed by atoms with Crippen molar-refractivity contribution < 1.29 is 13.9 Å². The van der Waals surface area contributed by atoms with Crippen LogP contribution >= 0.6 is 0 Å². The van der Waals surface area contributed by atoms with Gasteiger partial charge in [-0.2, -0.15) is 0 Å². The monoisotopic (exact) mass is 265 g/mol. The van der Waals surface area contributed by atoms with E-state index in [4.69, 9.17) is 0 Å². The molecule has 0 bridgehead atoms. The van der Waals surface area contributed by atoms with E-state index < -0.39 is 11.8 Å². The van der Waals surface area contributed by atoms with Gasteiger partial charge in [0.25, 0.3) is 0 Å². The van der Waals surface area contributed by atoms with E-state index in [-0.39, 0.29) is 11.1 Å². The lowest BCUT2D eigenvalue weighted by atomic mass is 9.98. The van der Waals surface area contributed by atoms with Gasteiger partial charge in [-0.25, -0.2) is 9.18 Å². The summed E-state index contributed by atoms with van der Waals surface area (Å²) in [4.78, 5) is 11.3. The third-order valence-electron chi connectivity index (χ3n) is 3.78. The predicted molar refractivity (Wildman–Crippen MR) is 71.4 cm³/mol. The van der Waals surface area contributed by atoms with E-state index >= 15 is 0 Å². The lowest BCUT2D eigenvalue weighted by molar-refractivity contribution is 0.0595. The second kappa shape index (κ2) is 5.29. The molecule has 0 aromatic heterocycles. The van der Waals surface area contributed by atoms with Gasteiger partial charge in [-0.1, -0.05) is 6.07 Å². The SMILES string of the molecule is COC(=O)c1ccc(CNC(C)(C)C2CC2)cc1F. The highest BCUT2D eigenvalue weighted by molar-refractivity contribution is 5.89. The van der Waals surface area contributed by atoms with Crippen molar-refractivity contribution in [2.45, 2.75) is 38.8 Å². The number of hydrogen-bond acceptors (Lipinski definition) is 3. The lowest BCUT2D eigenvalue weighted by Gasteiger charge is -2.26. The Labute approximate surface area is 113 Å². The summed E-state index contributed by atoms with van der Waals surface area (Å²) >= 11 is 0. The van der Waals surface area contributed by atoms with Gasteiger partial charge in [0.05, 0.1) is 12.7 Å². The Bertz CT molecular complexity index is 481. The first-order chi connectivity index (χ1) is 8.94. The number of halogens is 1. The normalized spacial score (nSPS) is 15.4. The molecule has 4 heteroatoms. The summed E-state index contributed by atoms with van der Waals surface area (Å²) in [7, 11) is 1.25. The number of benzene rings is 1. The van der Waals surface area contributed by atoms with Crippen LogP contribution in [0.4, 0.5) is 4.39 Å². The number of hydrogen-bond donors (Lipinski definition) is 1. The zero-order chi connectivity index (χ0) is 14.0. The first-order valence-electron chi connectivity index (χ1n) is 6.56. The molecule has 0 aliphatic heterocycles. The van der Waals surface area contributed by atoms with E-state index in [2.05, 4.69) is 23.9 Å². The molecule has 3 nitrogen and oxygen atoms in total. The molecule has 1 aromatic rings. The van der Waals surface area contributed by atoms with Crippen LogP contribution in [-0.4, -0.2) is 18.6 Å². The van der Waals surface area contributed by atoms with Gasteiger partial charge in [0.15, 0.2) is 0 Å². The minimum atomic E-state index is -0.643. The summed E-state index contributed by atoms with van der Waals surface area (Å²) in [6, 6.07) is 4.62. The highest BCUT2D eigenvalue weighted by Crippen LogP contribution is 2.39. The summed E-state index contributed by atoms with van der Waals surface area (Å²) in [5.41, 5.74) is 0.892. The molecule has 1 saturated carbocycles. The van der Waals surface area contributed by atoms with Gasteiger partial charge in [0.2, 0.25) is 0 Å². The minimum absolute atomic E-state index is 0.0206. The van der Waals surface area contributed by atoms with Crippen molar-refractivity contribution in [1.82, 2.24) is 5.32 Å². The maximum absolute atomic E-state index is 13.7. The number of rotatable bonds is 5. The van der Waals surface area contributed by atoms with Crippen LogP contribution in [0.25, 0.3) is 0 Å². The molecule has 2 rings (SSSR count). The fraction of sp³-hybridized carbons (Fsp3) is 0.533. The van der Waals surface area contributed by atoms with Crippen LogP contribution in [0, 0.1) is 11.7 Å². The quantitative estimate of drug-likeness (QED) is 0.832. The molecule has 0 heterocycles. The number of ether oxygens (including phenoxy) is 1. The highest BCUT2D eigenvalue weighted by Gasteiger charge is 2.37. The van der Waals surface area contributed by atoms with E-state index in [0.717, 1.165) is 5.56 Å². The zero-order valence-electron chi connectivity index (χ0n) is 11.6. The van der Waals surface area contributed by atoms with Gasteiger partial charge in [-0.15, -0.1) is 0 Å². The van der Waals surface area contributed by atoms with Crippen molar-refractivity contribution >= 4 is 5.97 Å². The molecule has 0 amide bonds. The van der Waals surface area contributed by atoms with Crippen LogP contribution < -0.4 is 5.32 Å². The number of carbonyl (C=O) groups excluding carboxylic acids is 1. The molecule has 0 radical (unpaired) electrons. The van der Waals surface area contributed by atoms with Crippen molar-refractivity contribution in [2.75, 3.05) is 7.11 Å². The Hall–Kier alpha value is -1.42. The molecule has 0 unspecified atom stereocenters. The molecule has 19 heavy (non-hydrogen) atoms. The molecule has 0 saturated heterocycles. The third kappa shape index (κ3) is 3.32. The Morgan fingerprint density at radius 2 is 2.16 bits per heavy atom. The van der Waals surface area contributed by atoms with E-state index in [1.165, 1.54) is 32.1 Å². The zero-order valence-corrected chi connectivity index (χ0v) is 11.6. The van der Waals surface area contributed by atoms with Crippen LogP contribution in [0.2, 0.25) is 0 Å². The molecule has 1 fully saturated rings. The van der Waals surface area contributed by atoms with Gasteiger partial charge < -0.3 is 10.1 Å². The Balaban J connectivity index is 2.02. The molecule has 1 aliphatic carbocycles. The van der Waals surface area contributed by atoms with Crippen molar-refractivity contribution in [3.05, 3.63) is 35.1 Å². The minimum Gasteiger partial charge on any atom is -0.465 e. The molecule has 1 aliphatic rings. The van der Waals surface area contributed by atoms with Gasteiger partial charge in [-0.3, -0.25) is 0 Å². The first-order valence-corrected chi connectivity index (χ1v) is 6.56. The van der Waals surface area contributed by atoms with E-state index in [9.17, 15) is 9.18 Å². The predicted octanol–water partition coefficient (Wildman–Crippen LogP) is 2.89. The van der Waals surface area contributed by atoms with Gasteiger partial charge in [0.1, 0.15) is 5.82 Å². The maximum atomic E-state index is 13.7. The summed E-state index contributed by atoms with van der Waals surface area (Å²) in [5, 5.41) is 3.44. The van der Waals surface area contributed by atoms with E-state index in [0.29, 0.717) is 12.5 Å². The third-order valence-corrected chi connectivity index (χ3v) is 3.78. The fourth-order valence-electron chi connectivity index (χ4n) is 2.22. The summed E-state index contributed by atoms with van der Waals surface area (Å²) in [6.45, 7) is 4.94. The average molecular weight is 265 g/mol. The van der Waals surface area contributed by atoms with Crippen LogP contribution in [0.15, 0.2) is 18.2 Å². The molecular formula is C15H20FNO2. The van der Waals surface area contributed by atoms with Crippen LogP contribution in [0.5, 0.6) is 0 Å². The van der Waals surface area contributed by atoms with Crippen LogP contribution in [0.3, 0.4) is 0 Å². The number of carbonyl (C=O) groups is 1. The van der Waals surface area contributed by atoms with E-state index in [1.807, 2.05) is 0 Å². The second-order valence-corrected chi connectivity index (χ2v) is 5.66. The van der Waals surface area contributed by atoms with Crippen LogP contribution in [0.1, 0.15) is 42.6 Å². The molecule has 0 atom stereocenters. The molecule has 1 aromatic carbocycles. The van der Waals surface area contributed by atoms with Crippen molar-refractivity contribution in [1.29, 1.82) is 0 Å². The standard InChI is InChI=1S/C15H20FNO2/c1-15(2,11-5-6-11)17-9-10-4-7-12(13(16)8-10)14(18)19-3/h4,7-8,11,17H,5-6,9H2,1-3H3. The summed E-state index contributed by atoms with van der Waals surface area (Å²) < 4.78 is 18.3. The van der Waals surface area contributed by atoms with Crippen molar-refractivity contribution in [3.63, 3.8) is 0 Å². The van der Waals surface area contributed by atoms with Crippen LogP contribution in [-0.2, 0) is 11.3 Å². The van der Waals surface area contributed by atoms with Crippen molar-refractivity contribution in [2.24, 2.45) is 5.92 Å². The highest BCUT2D eigenvalue weighted by atomic mass is 19.1. The second-order valence-electron chi connectivity index (χ2n) is 5.66. The topological polar surface area (TPSA) is 38.3 Å². The number of esters is 1. The number of methoxy groups -OCH3 is 1. The largest absolute Gasteiger partial charge is 0.465 e. The van der Waals surface area contributed by atoms with Crippen molar-refractivity contribution in [3.8, 4) is 0 Å². The Morgan fingerprint density at radius 1 is 1.47 bits per heavy atom. The molecule has 1 N–H and O–H groups in total. The summed E-state index contributed by atoms with van der Waals surface area (Å²) in [5.74, 6) is -0.461. The molecule has 0 spiro atoms. The Morgan fingerprint density at radius 3 is 2.68 bits per heavy atom. The number of nitrogens with one attached hydrogen (secondary N) is 1. The van der Waals surface area contributed by atoms with Gasteiger partial charge in [0, 0.05) is 12.1 Å². The van der Waals surface area contributed by atoms with Gasteiger partial charge >= 0.3 is 5.97 Å². The first kappa shape index (κ1) is 14.0. The van der Waals surface area contributed by atoms with E-state index in [1.54, 1.807) is 6.07 Å². The average Bonchev–Trinajstić information content (AvgIpc) is 3.20. The lowest BCUT2D eigenvalue weighted by Crippen LogP contribution is -2.40. The molecular weight excluding hydrogens is 245 g/mol. The molecule has 104 valence electrons. The Kier molecular flexibility index (Phi) is 3.90. The maximum Gasteiger partial charge on any atom is 0.340 e. The summed E-state index contributed by atoms with van der Waals surface area (Å²) in [6.07, 6.45) is 2.52. The van der Waals surface area contributed by atoms with Gasteiger partial charge in [-0.05, 0) is 50.3 Å².